The molecule has 180 valence electrons. The first-order chi connectivity index (χ1) is 17.3. The van der Waals surface area contributed by atoms with Gasteiger partial charge in [-0.15, -0.1) is 0 Å². The molecular formula is C26H19Cl2N5O3. The molecular weight excluding hydrogens is 501 g/mol. The van der Waals surface area contributed by atoms with E-state index in [2.05, 4.69) is 26.1 Å². The Morgan fingerprint density at radius 3 is 2.42 bits per heavy atom. The van der Waals surface area contributed by atoms with Crippen LogP contribution < -0.4 is 16.1 Å². The number of nitrogens with zero attached hydrogens (tertiary/aromatic N) is 2. The maximum atomic E-state index is 12.7. The number of benzene rings is 3. The van der Waals surface area contributed by atoms with Gasteiger partial charge < -0.3 is 10.6 Å². The predicted molar refractivity (Wildman–Crippen MR) is 142 cm³/mol. The minimum absolute atomic E-state index is 0.158. The van der Waals surface area contributed by atoms with Crippen LogP contribution in [0.2, 0.25) is 10.2 Å². The van der Waals surface area contributed by atoms with Crippen molar-refractivity contribution in [1.29, 1.82) is 0 Å². The normalized spacial score (nSPS) is 10.9. The zero-order valence-electron chi connectivity index (χ0n) is 18.9. The van der Waals surface area contributed by atoms with Crippen molar-refractivity contribution in [2.24, 2.45) is 5.10 Å². The Morgan fingerprint density at radius 1 is 0.889 bits per heavy atom. The van der Waals surface area contributed by atoms with Crippen molar-refractivity contribution in [1.82, 2.24) is 10.4 Å². The maximum Gasteiger partial charge on any atom is 0.329 e. The fourth-order valence-electron chi connectivity index (χ4n) is 3.27. The minimum atomic E-state index is -1.03. The number of halogens is 2. The van der Waals surface area contributed by atoms with Gasteiger partial charge in [0.15, 0.2) is 0 Å². The van der Waals surface area contributed by atoms with Crippen LogP contribution in [0, 0.1) is 6.92 Å². The number of rotatable bonds is 5. The van der Waals surface area contributed by atoms with Crippen LogP contribution in [-0.4, -0.2) is 28.9 Å². The van der Waals surface area contributed by atoms with E-state index in [1.807, 2.05) is 25.1 Å². The highest BCUT2D eigenvalue weighted by molar-refractivity contribution is 6.40. The maximum absolute atomic E-state index is 12.7. The number of hydrogen-bond acceptors (Lipinski definition) is 5. The summed E-state index contributed by atoms with van der Waals surface area (Å²) in [7, 11) is 0. The van der Waals surface area contributed by atoms with E-state index in [-0.39, 0.29) is 16.4 Å². The lowest BCUT2D eigenvalue weighted by Gasteiger charge is -2.11. The summed E-state index contributed by atoms with van der Waals surface area (Å²) in [5.41, 5.74) is 5.25. The van der Waals surface area contributed by atoms with Gasteiger partial charge in [0, 0.05) is 21.7 Å². The van der Waals surface area contributed by atoms with Crippen molar-refractivity contribution in [2.45, 2.75) is 6.92 Å². The number of fused-ring (bicyclic) bond motifs is 1. The summed E-state index contributed by atoms with van der Waals surface area (Å²) < 4.78 is 0. The van der Waals surface area contributed by atoms with Crippen molar-refractivity contribution in [3.05, 3.63) is 99.7 Å². The topological polar surface area (TPSA) is 113 Å². The highest BCUT2D eigenvalue weighted by atomic mass is 35.5. The Bertz CT molecular complexity index is 1500. The van der Waals surface area contributed by atoms with Crippen LogP contribution in [0.3, 0.4) is 0 Å². The number of para-hydroxylation sites is 1. The number of amides is 3. The lowest BCUT2D eigenvalue weighted by Crippen LogP contribution is -2.33. The van der Waals surface area contributed by atoms with Gasteiger partial charge in [-0.3, -0.25) is 14.4 Å². The van der Waals surface area contributed by atoms with Gasteiger partial charge >= 0.3 is 11.8 Å². The van der Waals surface area contributed by atoms with Crippen LogP contribution in [-0.2, 0) is 9.59 Å². The number of nitrogens with one attached hydrogen (secondary N) is 3. The van der Waals surface area contributed by atoms with E-state index in [0.717, 1.165) is 16.5 Å². The Hall–Kier alpha value is -4.27. The van der Waals surface area contributed by atoms with Gasteiger partial charge in [0.05, 0.1) is 23.0 Å². The monoisotopic (exact) mass is 519 g/mol. The first-order valence-electron chi connectivity index (χ1n) is 10.7. The van der Waals surface area contributed by atoms with E-state index in [1.165, 1.54) is 18.3 Å². The summed E-state index contributed by atoms with van der Waals surface area (Å²) in [6, 6.07) is 20.4. The third-order valence-electron chi connectivity index (χ3n) is 5.05. The number of aromatic nitrogens is 1. The minimum Gasteiger partial charge on any atom is -0.322 e. The lowest BCUT2D eigenvalue weighted by molar-refractivity contribution is -0.136. The molecule has 0 bridgehead atoms. The molecule has 4 rings (SSSR count). The molecule has 3 N–H and O–H groups in total. The van der Waals surface area contributed by atoms with Gasteiger partial charge in [0.2, 0.25) is 0 Å². The molecule has 8 nitrogen and oxygen atoms in total. The molecule has 0 atom stereocenters. The number of carbonyl (C=O) groups excluding carboxylic acids is 3. The molecule has 0 saturated heterocycles. The van der Waals surface area contributed by atoms with E-state index in [1.54, 1.807) is 42.5 Å². The number of hydrazone groups is 1. The standard InChI is InChI=1S/C26H19Cl2N5O3/c1-15-6-7-16-13-17(23(28)31-22(16)12-15)14-29-33-26(36)25(35)32-21-5-3-2-4-20(21)24(34)30-19-10-8-18(27)9-11-19/h2-14H,1H3,(H,30,34)(H,32,35)(H,33,36). The number of carbonyl (C=O) groups is 3. The fourth-order valence-corrected chi connectivity index (χ4v) is 3.59. The predicted octanol–water partition coefficient (Wildman–Crippen LogP) is 5.19. The summed E-state index contributed by atoms with van der Waals surface area (Å²) in [6.45, 7) is 1.95. The van der Waals surface area contributed by atoms with Crippen LogP contribution in [0.4, 0.5) is 11.4 Å². The molecule has 4 aromatic rings. The zero-order valence-corrected chi connectivity index (χ0v) is 20.4. The molecule has 0 aliphatic rings. The van der Waals surface area contributed by atoms with Crippen LogP contribution in [0.25, 0.3) is 10.9 Å². The second kappa shape index (κ2) is 11.0. The zero-order chi connectivity index (χ0) is 25.7. The van der Waals surface area contributed by atoms with Crippen molar-refractivity contribution < 1.29 is 14.4 Å². The highest BCUT2D eigenvalue weighted by Crippen LogP contribution is 2.21. The molecule has 0 unspecified atom stereocenters. The third-order valence-corrected chi connectivity index (χ3v) is 5.61. The number of hydrogen-bond donors (Lipinski definition) is 3. The van der Waals surface area contributed by atoms with E-state index >= 15 is 0 Å². The number of aryl methyl sites for hydroxylation is 1. The second-order valence-electron chi connectivity index (χ2n) is 7.72. The smallest absolute Gasteiger partial charge is 0.322 e. The van der Waals surface area contributed by atoms with E-state index in [9.17, 15) is 14.4 Å². The lowest BCUT2D eigenvalue weighted by atomic mass is 10.1. The fraction of sp³-hybridized carbons (Fsp3) is 0.0385. The first kappa shape index (κ1) is 24.8. The summed E-state index contributed by atoms with van der Waals surface area (Å²) in [5, 5.41) is 10.5. The summed E-state index contributed by atoms with van der Waals surface area (Å²) >= 11 is 12.1. The Kier molecular flexibility index (Phi) is 7.58. The van der Waals surface area contributed by atoms with E-state index < -0.39 is 17.7 Å². The van der Waals surface area contributed by atoms with Crippen molar-refractivity contribution >= 4 is 69.4 Å². The average molecular weight is 520 g/mol. The molecule has 0 spiro atoms. The van der Waals surface area contributed by atoms with Gasteiger partial charge in [-0.2, -0.15) is 5.10 Å². The van der Waals surface area contributed by atoms with E-state index in [4.69, 9.17) is 23.2 Å². The van der Waals surface area contributed by atoms with Crippen LogP contribution in [0.1, 0.15) is 21.5 Å². The Balaban J connectivity index is 1.41. The van der Waals surface area contributed by atoms with Crippen molar-refractivity contribution in [3.63, 3.8) is 0 Å². The van der Waals surface area contributed by atoms with Gasteiger partial charge in [-0.25, -0.2) is 10.4 Å². The van der Waals surface area contributed by atoms with Gasteiger partial charge in [-0.1, -0.05) is 47.5 Å². The number of anilines is 2. The van der Waals surface area contributed by atoms with Crippen molar-refractivity contribution in [2.75, 3.05) is 10.6 Å². The summed E-state index contributed by atoms with van der Waals surface area (Å²) in [4.78, 5) is 41.7. The molecule has 0 aliphatic carbocycles. The summed E-state index contributed by atoms with van der Waals surface area (Å²) in [6.07, 6.45) is 1.30. The molecule has 0 fully saturated rings. The molecule has 3 aromatic carbocycles. The Labute approximate surface area is 216 Å². The second-order valence-corrected chi connectivity index (χ2v) is 8.52. The van der Waals surface area contributed by atoms with Crippen molar-refractivity contribution in [3.8, 4) is 0 Å². The highest BCUT2D eigenvalue weighted by Gasteiger charge is 2.18. The molecule has 0 radical (unpaired) electrons. The third kappa shape index (κ3) is 6.04. The van der Waals surface area contributed by atoms with E-state index in [0.29, 0.717) is 16.3 Å². The van der Waals surface area contributed by atoms with Crippen LogP contribution in [0.5, 0.6) is 0 Å². The quantitative estimate of drug-likeness (QED) is 0.146. The molecule has 1 heterocycles. The molecule has 0 aliphatic heterocycles. The number of pyridine rings is 1. The largest absolute Gasteiger partial charge is 0.329 e. The average Bonchev–Trinajstić information content (AvgIpc) is 2.86. The Morgan fingerprint density at radius 2 is 1.64 bits per heavy atom. The molecule has 36 heavy (non-hydrogen) atoms. The van der Waals surface area contributed by atoms with Gasteiger partial charge in [0.1, 0.15) is 5.15 Å². The molecule has 10 heteroatoms. The molecule has 1 aromatic heterocycles. The first-order valence-corrected chi connectivity index (χ1v) is 11.4. The SMILES string of the molecule is Cc1ccc2cc(C=NNC(=O)C(=O)Nc3ccccc3C(=O)Nc3ccc(Cl)cc3)c(Cl)nc2c1. The molecule has 0 saturated carbocycles. The van der Waals surface area contributed by atoms with Gasteiger partial charge in [-0.05, 0) is 61.0 Å². The van der Waals surface area contributed by atoms with Crippen LogP contribution in [0.15, 0.2) is 77.9 Å². The molecule has 3 amide bonds. The van der Waals surface area contributed by atoms with Gasteiger partial charge in [0.25, 0.3) is 5.91 Å². The van der Waals surface area contributed by atoms with Crippen LogP contribution >= 0.6 is 23.2 Å². The summed E-state index contributed by atoms with van der Waals surface area (Å²) in [5.74, 6) is -2.50.